The van der Waals surface area contributed by atoms with Gasteiger partial charge in [0.15, 0.2) is 0 Å². The van der Waals surface area contributed by atoms with E-state index in [0.29, 0.717) is 18.4 Å². The van der Waals surface area contributed by atoms with Crippen molar-refractivity contribution in [2.75, 3.05) is 0 Å². The zero-order valence-electron chi connectivity index (χ0n) is 9.27. The fourth-order valence-corrected chi connectivity index (χ4v) is 1.15. The van der Waals surface area contributed by atoms with E-state index < -0.39 is 11.7 Å². The second-order valence-electron chi connectivity index (χ2n) is 3.58. The van der Waals surface area contributed by atoms with Crippen molar-refractivity contribution in [1.82, 2.24) is 0 Å². The topological polar surface area (TPSA) is 17.1 Å². The molecule has 0 aliphatic rings. The van der Waals surface area contributed by atoms with Gasteiger partial charge in [-0.05, 0) is 31.2 Å². The van der Waals surface area contributed by atoms with E-state index in [1.54, 1.807) is 0 Å². The Morgan fingerprint density at radius 3 is 2.29 bits per heavy atom. The van der Waals surface area contributed by atoms with E-state index >= 15 is 0 Å². The predicted octanol–water partition coefficient (Wildman–Crippen LogP) is 3.43. The summed E-state index contributed by atoms with van der Waals surface area (Å²) in [5, 5.41) is 0. The predicted molar refractivity (Wildman–Crippen MR) is 58.2 cm³/mol. The summed E-state index contributed by atoms with van der Waals surface area (Å²) in [7, 11) is 0. The van der Waals surface area contributed by atoms with E-state index in [-0.39, 0.29) is 5.78 Å². The van der Waals surface area contributed by atoms with Crippen molar-refractivity contribution in [3.8, 4) is 11.8 Å². The van der Waals surface area contributed by atoms with Gasteiger partial charge in [0.1, 0.15) is 5.78 Å². The van der Waals surface area contributed by atoms with Crippen molar-refractivity contribution in [2.45, 2.75) is 25.9 Å². The van der Waals surface area contributed by atoms with E-state index in [1.165, 1.54) is 19.1 Å². The monoisotopic (exact) mass is 240 g/mol. The van der Waals surface area contributed by atoms with Gasteiger partial charge in [0.2, 0.25) is 0 Å². The third-order valence-electron chi connectivity index (χ3n) is 2.05. The van der Waals surface area contributed by atoms with Gasteiger partial charge in [-0.3, -0.25) is 4.79 Å². The molecule has 0 fully saturated rings. The minimum Gasteiger partial charge on any atom is -0.300 e. The van der Waals surface area contributed by atoms with E-state index in [1.807, 2.05) is 0 Å². The lowest BCUT2D eigenvalue weighted by atomic mass is 10.1. The molecule has 0 N–H and O–H groups in total. The van der Waals surface area contributed by atoms with Gasteiger partial charge in [-0.25, -0.2) is 0 Å². The zero-order valence-corrected chi connectivity index (χ0v) is 9.27. The molecule has 0 atom stereocenters. The number of hydrogen-bond donors (Lipinski definition) is 0. The van der Waals surface area contributed by atoms with Crippen LogP contribution in [-0.2, 0) is 11.0 Å². The third kappa shape index (κ3) is 4.73. The molecule has 0 spiro atoms. The maximum absolute atomic E-state index is 12.2. The molecule has 0 aromatic heterocycles. The first kappa shape index (κ1) is 13.3. The molecule has 0 heterocycles. The van der Waals surface area contributed by atoms with Crippen LogP contribution in [0.1, 0.15) is 30.9 Å². The van der Waals surface area contributed by atoms with Crippen LogP contribution in [0.2, 0.25) is 0 Å². The summed E-state index contributed by atoms with van der Waals surface area (Å²) in [6, 6.07) is 4.64. The lowest BCUT2D eigenvalue weighted by Gasteiger charge is -2.05. The Morgan fingerprint density at radius 1 is 1.24 bits per heavy atom. The lowest BCUT2D eigenvalue weighted by molar-refractivity contribution is -0.137. The van der Waals surface area contributed by atoms with E-state index in [0.717, 1.165) is 12.1 Å². The van der Waals surface area contributed by atoms with Crippen LogP contribution in [0.4, 0.5) is 13.2 Å². The summed E-state index contributed by atoms with van der Waals surface area (Å²) < 4.78 is 36.7. The van der Waals surface area contributed by atoms with Gasteiger partial charge in [-0.1, -0.05) is 11.8 Å². The maximum atomic E-state index is 12.2. The number of hydrogen-bond acceptors (Lipinski definition) is 1. The number of carbonyl (C=O) groups excluding carboxylic acids is 1. The van der Waals surface area contributed by atoms with Crippen LogP contribution in [-0.4, -0.2) is 5.78 Å². The van der Waals surface area contributed by atoms with Crippen molar-refractivity contribution >= 4 is 5.78 Å². The van der Waals surface area contributed by atoms with Crippen molar-refractivity contribution in [1.29, 1.82) is 0 Å². The number of rotatable bonds is 2. The lowest BCUT2D eigenvalue weighted by Crippen LogP contribution is -2.04. The smallest absolute Gasteiger partial charge is 0.300 e. The Hall–Kier alpha value is -1.76. The summed E-state index contributed by atoms with van der Waals surface area (Å²) in [6.07, 6.45) is -3.52. The Balaban J connectivity index is 2.66. The van der Waals surface area contributed by atoms with Crippen LogP contribution in [0.25, 0.3) is 0 Å². The molecule has 0 unspecified atom stereocenters. The normalized spacial score (nSPS) is 10.6. The first-order valence-electron chi connectivity index (χ1n) is 5.05. The van der Waals surface area contributed by atoms with Crippen LogP contribution in [0.5, 0.6) is 0 Å². The van der Waals surface area contributed by atoms with Crippen LogP contribution in [0.15, 0.2) is 24.3 Å². The molecule has 0 saturated heterocycles. The van der Waals surface area contributed by atoms with Gasteiger partial charge < -0.3 is 0 Å². The molecule has 90 valence electrons. The van der Waals surface area contributed by atoms with E-state index in [2.05, 4.69) is 11.8 Å². The molecule has 0 aliphatic carbocycles. The Labute approximate surface area is 97.6 Å². The quantitative estimate of drug-likeness (QED) is 0.724. The average Bonchev–Trinajstić information content (AvgIpc) is 2.23. The number of Topliss-reactive ketones (excluding diaryl/α,β-unsaturated/α-hetero) is 1. The average molecular weight is 240 g/mol. The van der Waals surface area contributed by atoms with Gasteiger partial charge in [0.25, 0.3) is 0 Å². The molecule has 1 rings (SSSR count). The van der Waals surface area contributed by atoms with Crippen molar-refractivity contribution in [2.24, 2.45) is 0 Å². The molecule has 1 aromatic rings. The number of carbonyl (C=O) groups is 1. The third-order valence-corrected chi connectivity index (χ3v) is 2.05. The van der Waals surface area contributed by atoms with Crippen molar-refractivity contribution < 1.29 is 18.0 Å². The number of ketones is 1. The molecule has 0 amide bonds. The highest BCUT2D eigenvalue weighted by Crippen LogP contribution is 2.28. The molecule has 17 heavy (non-hydrogen) atoms. The molecule has 0 bridgehead atoms. The fourth-order valence-electron chi connectivity index (χ4n) is 1.15. The highest BCUT2D eigenvalue weighted by Gasteiger charge is 2.29. The SMILES string of the molecule is CC(=O)CCC#Cc1ccc(C(F)(F)F)cc1. The molecule has 1 nitrogen and oxygen atoms in total. The summed E-state index contributed by atoms with van der Waals surface area (Å²) >= 11 is 0. The van der Waals surface area contributed by atoms with Gasteiger partial charge in [0, 0.05) is 18.4 Å². The highest BCUT2D eigenvalue weighted by molar-refractivity contribution is 5.75. The molecular formula is C13H11F3O. The first-order chi connectivity index (χ1) is 7.89. The molecule has 1 aromatic carbocycles. The number of alkyl halides is 3. The summed E-state index contributed by atoms with van der Waals surface area (Å²) in [4.78, 5) is 10.6. The van der Waals surface area contributed by atoms with Gasteiger partial charge >= 0.3 is 6.18 Å². The number of benzene rings is 1. The standard InChI is InChI=1S/C13H11F3O/c1-10(17)4-2-3-5-11-6-8-12(9-7-11)13(14,15)16/h6-9H,2,4H2,1H3. The molecule has 0 aliphatic heterocycles. The minimum atomic E-state index is -4.32. The van der Waals surface area contributed by atoms with Gasteiger partial charge in [-0.15, -0.1) is 0 Å². The largest absolute Gasteiger partial charge is 0.416 e. The zero-order chi connectivity index (χ0) is 12.9. The highest BCUT2D eigenvalue weighted by atomic mass is 19.4. The van der Waals surface area contributed by atoms with Crippen LogP contribution in [0, 0.1) is 11.8 Å². The van der Waals surface area contributed by atoms with Crippen LogP contribution < -0.4 is 0 Å². The molecular weight excluding hydrogens is 229 g/mol. The molecule has 4 heteroatoms. The Morgan fingerprint density at radius 2 is 1.82 bits per heavy atom. The number of halogens is 3. The van der Waals surface area contributed by atoms with E-state index in [9.17, 15) is 18.0 Å². The van der Waals surface area contributed by atoms with Gasteiger partial charge in [0.05, 0.1) is 5.56 Å². The Bertz CT molecular complexity index is 446. The van der Waals surface area contributed by atoms with Gasteiger partial charge in [-0.2, -0.15) is 13.2 Å². The summed E-state index contributed by atoms with van der Waals surface area (Å²) in [5.41, 5.74) is -0.173. The van der Waals surface area contributed by atoms with Crippen LogP contribution in [0.3, 0.4) is 0 Å². The second kappa shape index (κ2) is 5.53. The summed E-state index contributed by atoms with van der Waals surface area (Å²) in [5.74, 6) is 5.50. The Kier molecular flexibility index (Phi) is 4.33. The first-order valence-corrected chi connectivity index (χ1v) is 5.05. The maximum Gasteiger partial charge on any atom is 0.416 e. The summed E-state index contributed by atoms with van der Waals surface area (Å²) in [6.45, 7) is 1.47. The van der Waals surface area contributed by atoms with E-state index in [4.69, 9.17) is 0 Å². The fraction of sp³-hybridized carbons (Fsp3) is 0.308. The van der Waals surface area contributed by atoms with Crippen LogP contribution >= 0.6 is 0 Å². The van der Waals surface area contributed by atoms with Crippen molar-refractivity contribution in [3.63, 3.8) is 0 Å². The molecule has 0 saturated carbocycles. The minimum absolute atomic E-state index is 0.0479. The van der Waals surface area contributed by atoms with Crippen molar-refractivity contribution in [3.05, 3.63) is 35.4 Å². The second-order valence-corrected chi connectivity index (χ2v) is 3.58. The molecule has 0 radical (unpaired) electrons.